The summed E-state index contributed by atoms with van der Waals surface area (Å²) in [6, 6.07) is 3.97. The van der Waals surface area contributed by atoms with E-state index in [-0.39, 0.29) is 0 Å². The van der Waals surface area contributed by atoms with E-state index >= 15 is 0 Å². The summed E-state index contributed by atoms with van der Waals surface area (Å²) < 4.78 is 4.01. The van der Waals surface area contributed by atoms with Gasteiger partial charge in [0.15, 0.2) is 0 Å². The minimum Gasteiger partial charge on any atom is -0.396 e. The van der Waals surface area contributed by atoms with Gasteiger partial charge in [0.1, 0.15) is 0 Å². The van der Waals surface area contributed by atoms with Gasteiger partial charge in [0, 0.05) is 17.5 Å². The van der Waals surface area contributed by atoms with Crippen LogP contribution in [0.1, 0.15) is 5.69 Å². The van der Waals surface area contributed by atoms with Gasteiger partial charge >= 0.3 is 0 Å². The van der Waals surface area contributed by atoms with Gasteiger partial charge in [0.25, 0.3) is 0 Å². The Balaban J connectivity index is 2.47. The van der Waals surface area contributed by atoms with Crippen LogP contribution >= 0.6 is 11.5 Å². The average Bonchev–Trinajstić information content (AvgIpc) is 2.53. The van der Waals surface area contributed by atoms with E-state index < -0.39 is 0 Å². The first kappa shape index (κ1) is 8.19. The third-order valence-corrected chi connectivity index (χ3v) is 2.64. The fraction of sp³-hybridized carbons (Fsp3) is 0.111. The molecule has 0 atom stereocenters. The molecule has 3 nitrogen and oxygen atoms in total. The Morgan fingerprint density at radius 2 is 2.15 bits per heavy atom. The van der Waals surface area contributed by atoms with Crippen molar-refractivity contribution < 1.29 is 0 Å². The first-order chi connectivity index (χ1) is 6.27. The lowest BCUT2D eigenvalue weighted by atomic mass is 10.2. The highest BCUT2D eigenvalue weighted by Gasteiger charge is 2.04. The molecule has 2 heterocycles. The summed E-state index contributed by atoms with van der Waals surface area (Å²) in [4.78, 5) is 5.19. The van der Waals surface area contributed by atoms with Crippen LogP contribution in [0.5, 0.6) is 0 Å². The van der Waals surface area contributed by atoms with Gasteiger partial charge in [0.05, 0.1) is 16.8 Å². The lowest BCUT2D eigenvalue weighted by Crippen LogP contribution is -1.85. The number of hydrogen-bond acceptors (Lipinski definition) is 4. The van der Waals surface area contributed by atoms with Crippen molar-refractivity contribution in [2.45, 2.75) is 6.92 Å². The highest BCUT2D eigenvalue weighted by atomic mass is 32.1. The summed E-state index contributed by atoms with van der Waals surface area (Å²) in [5.74, 6) is 0. The van der Waals surface area contributed by atoms with Crippen molar-refractivity contribution >= 4 is 17.2 Å². The van der Waals surface area contributed by atoms with Crippen LogP contribution in [0.15, 0.2) is 24.5 Å². The number of nitrogen functional groups attached to an aromatic ring is 1. The Labute approximate surface area is 80.4 Å². The van der Waals surface area contributed by atoms with E-state index in [4.69, 9.17) is 5.73 Å². The lowest BCUT2D eigenvalue weighted by molar-refractivity contribution is 1.20. The summed E-state index contributed by atoms with van der Waals surface area (Å²) in [6.07, 6.45) is 3.49. The van der Waals surface area contributed by atoms with Crippen molar-refractivity contribution in [3.05, 3.63) is 30.2 Å². The summed E-state index contributed by atoms with van der Waals surface area (Å²) in [5, 5.41) is 0. The minimum atomic E-state index is 0.718. The fourth-order valence-electron chi connectivity index (χ4n) is 1.07. The highest BCUT2D eigenvalue weighted by Crippen LogP contribution is 2.28. The SMILES string of the molecule is Cc1ccc(-c2sncc2N)cn1. The van der Waals surface area contributed by atoms with E-state index in [9.17, 15) is 0 Å². The maximum atomic E-state index is 5.73. The quantitative estimate of drug-likeness (QED) is 0.751. The zero-order chi connectivity index (χ0) is 9.26. The van der Waals surface area contributed by atoms with Gasteiger partial charge in [-0.15, -0.1) is 0 Å². The van der Waals surface area contributed by atoms with Crippen LogP contribution in [0.4, 0.5) is 5.69 Å². The number of pyridine rings is 1. The molecule has 0 aliphatic rings. The number of hydrogen-bond donors (Lipinski definition) is 1. The largest absolute Gasteiger partial charge is 0.396 e. The molecule has 2 N–H and O–H groups in total. The maximum Gasteiger partial charge on any atom is 0.0795 e. The molecule has 2 aromatic heterocycles. The Morgan fingerprint density at radius 1 is 1.31 bits per heavy atom. The number of aromatic nitrogens is 2. The maximum absolute atomic E-state index is 5.73. The molecular formula is C9H9N3S. The first-order valence-electron chi connectivity index (χ1n) is 3.90. The molecule has 0 saturated heterocycles. The summed E-state index contributed by atoms with van der Waals surface area (Å²) in [7, 11) is 0. The van der Waals surface area contributed by atoms with Crippen LogP contribution in [-0.2, 0) is 0 Å². The highest BCUT2D eigenvalue weighted by molar-refractivity contribution is 7.10. The van der Waals surface area contributed by atoms with E-state index in [1.807, 2.05) is 25.3 Å². The molecular weight excluding hydrogens is 182 g/mol. The smallest absolute Gasteiger partial charge is 0.0795 e. The number of anilines is 1. The molecule has 0 unspecified atom stereocenters. The molecule has 0 fully saturated rings. The molecule has 0 aliphatic carbocycles. The Kier molecular flexibility index (Phi) is 1.98. The fourth-order valence-corrected chi connectivity index (χ4v) is 1.72. The third kappa shape index (κ3) is 1.53. The predicted molar refractivity (Wildman–Crippen MR) is 54.5 cm³/mol. The average molecular weight is 191 g/mol. The summed E-state index contributed by atoms with van der Waals surface area (Å²) >= 11 is 1.39. The molecule has 2 rings (SSSR count). The van der Waals surface area contributed by atoms with E-state index in [2.05, 4.69) is 9.36 Å². The van der Waals surface area contributed by atoms with Crippen LogP contribution < -0.4 is 5.73 Å². The molecule has 0 aliphatic heterocycles. The lowest BCUT2D eigenvalue weighted by Gasteiger charge is -1.97. The van der Waals surface area contributed by atoms with Crippen LogP contribution in [0.3, 0.4) is 0 Å². The second-order valence-corrected chi connectivity index (χ2v) is 3.60. The Hall–Kier alpha value is -1.42. The molecule has 0 bridgehead atoms. The van der Waals surface area contributed by atoms with E-state index in [1.165, 1.54) is 11.5 Å². The normalized spacial score (nSPS) is 10.2. The number of nitrogens with zero attached hydrogens (tertiary/aromatic N) is 2. The zero-order valence-corrected chi connectivity index (χ0v) is 8.01. The van der Waals surface area contributed by atoms with Crippen molar-refractivity contribution in [2.75, 3.05) is 5.73 Å². The van der Waals surface area contributed by atoms with Crippen LogP contribution in [0.2, 0.25) is 0 Å². The zero-order valence-electron chi connectivity index (χ0n) is 7.19. The van der Waals surface area contributed by atoms with Crippen molar-refractivity contribution in [1.82, 2.24) is 9.36 Å². The van der Waals surface area contributed by atoms with Gasteiger partial charge in [-0.2, -0.15) is 4.37 Å². The van der Waals surface area contributed by atoms with Gasteiger partial charge in [-0.1, -0.05) is 6.07 Å². The molecule has 66 valence electrons. The Bertz CT molecular complexity index is 405. The van der Waals surface area contributed by atoms with Gasteiger partial charge in [-0.05, 0) is 24.5 Å². The monoisotopic (exact) mass is 191 g/mol. The van der Waals surface area contributed by atoms with Crippen LogP contribution in [0.25, 0.3) is 10.4 Å². The summed E-state index contributed by atoms with van der Waals surface area (Å²) in [5.41, 5.74) is 8.49. The van der Waals surface area contributed by atoms with Crippen molar-refractivity contribution in [3.8, 4) is 10.4 Å². The number of nitrogens with two attached hydrogens (primary N) is 1. The molecule has 4 heteroatoms. The first-order valence-corrected chi connectivity index (χ1v) is 4.68. The molecule has 2 aromatic rings. The number of rotatable bonds is 1. The minimum absolute atomic E-state index is 0.718. The van der Waals surface area contributed by atoms with E-state index in [0.717, 1.165) is 21.8 Å². The predicted octanol–water partition coefficient (Wildman–Crippen LogP) is 2.10. The third-order valence-electron chi connectivity index (χ3n) is 1.77. The molecule has 0 aromatic carbocycles. The molecule has 0 radical (unpaired) electrons. The van der Waals surface area contributed by atoms with Gasteiger partial charge < -0.3 is 5.73 Å². The second-order valence-electron chi connectivity index (χ2n) is 2.80. The molecule has 0 spiro atoms. The van der Waals surface area contributed by atoms with Crippen LogP contribution in [-0.4, -0.2) is 9.36 Å². The van der Waals surface area contributed by atoms with Crippen molar-refractivity contribution in [1.29, 1.82) is 0 Å². The van der Waals surface area contributed by atoms with E-state index in [1.54, 1.807) is 6.20 Å². The topological polar surface area (TPSA) is 51.8 Å². The standard InChI is InChI=1S/C9H9N3S/c1-6-2-3-7(4-11-6)9-8(10)5-12-13-9/h2-5H,10H2,1H3. The van der Waals surface area contributed by atoms with Crippen LogP contribution in [0, 0.1) is 6.92 Å². The molecule has 0 amide bonds. The Morgan fingerprint density at radius 3 is 2.69 bits per heavy atom. The van der Waals surface area contributed by atoms with Gasteiger partial charge in [-0.3, -0.25) is 4.98 Å². The van der Waals surface area contributed by atoms with E-state index in [0.29, 0.717) is 0 Å². The summed E-state index contributed by atoms with van der Waals surface area (Å²) in [6.45, 7) is 1.96. The molecule has 13 heavy (non-hydrogen) atoms. The van der Waals surface area contributed by atoms with Gasteiger partial charge in [0.2, 0.25) is 0 Å². The number of aryl methyl sites for hydroxylation is 1. The van der Waals surface area contributed by atoms with Crippen molar-refractivity contribution in [3.63, 3.8) is 0 Å². The second kappa shape index (κ2) is 3.14. The molecule has 0 saturated carbocycles. The van der Waals surface area contributed by atoms with Crippen molar-refractivity contribution in [2.24, 2.45) is 0 Å². The van der Waals surface area contributed by atoms with Gasteiger partial charge in [-0.25, -0.2) is 0 Å².